The maximum Gasteiger partial charge on any atom is 0.433 e. The Balaban J connectivity index is 0.921. The average Bonchev–Trinajstić information content (AvgIpc) is 3.66. The molecule has 4 aromatic rings. The SMILES string of the molecule is COc1cc2nn(CCN3CCC(OCc4cccc5c4C(=O)N(C4CCC(=O)NC4=O)C5=O)CC3)cc2cc1NC(O)c1cccc(C(F)(F)F)n1. The normalized spacial score (nSPS) is 19.1. The largest absolute Gasteiger partial charge is 0.495 e. The first-order valence-corrected chi connectivity index (χ1v) is 17.1. The van der Waals surface area contributed by atoms with Gasteiger partial charge in [0.15, 0.2) is 6.23 Å². The van der Waals surface area contributed by atoms with E-state index < -0.39 is 47.8 Å². The fourth-order valence-electron chi connectivity index (χ4n) is 6.94. The molecule has 0 radical (unpaired) electrons. The molecule has 0 aliphatic carbocycles. The van der Waals surface area contributed by atoms with E-state index in [4.69, 9.17) is 9.47 Å². The van der Waals surface area contributed by atoms with Crippen LogP contribution in [0.25, 0.3) is 10.9 Å². The predicted octanol–water partition coefficient (Wildman–Crippen LogP) is 3.64. The van der Waals surface area contributed by atoms with Gasteiger partial charge in [0, 0.05) is 43.7 Å². The van der Waals surface area contributed by atoms with Crippen molar-refractivity contribution < 1.29 is 46.9 Å². The summed E-state index contributed by atoms with van der Waals surface area (Å²) >= 11 is 0. The molecule has 14 nitrogen and oxygen atoms in total. The number of nitrogens with one attached hydrogen (secondary N) is 2. The number of halogens is 3. The molecule has 3 N–H and O–H groups in total. The second kappa shape index (κ2) is 14.6. The number of carbonyl (C=O) groups excluding carboxylic acids is 4. The van der Waals surface area contributed by atoms with Crippen LogP contribution in [0.4, 0.5) is 18.9 Å². The van der Waals surface area contributed by atoms with E-state index in [1.54, 1.807) is 35.0 Å². The van der Waals surface area contributed by atoms with Crippen LogP contribution >= 0.6 is 0 Å². The average molecular weight is 736 g/mol. The summed E-state index contributed by atoms with van der Waals surface area (Å²) < 4.78 is 52.9. The van der Waals surface area contributed by atoms with Gasteiger partial charge in [-0.2, -0.15) is 18.3 Å². The van der Waals surface area contributed by atoms with Gasteiger partial charge in [-0.15, -0.1) is 0 Å². The van der Waals surface area contributed by atoms with Crippen LogP contribution in [0.3, 0.4) is 0 Å². The van der Waals surface area contributed by atoms with Crippen LogP contribution in [0.1, 0.15) is 69.6 Å². The maximum absolute atomic E-state index is 13.4. The number of alkyl halides is 3. The molecule has 0 spiro atoms. The predicted molar refractivity (Wildman–Crippen MR) is 181 cm³/mol. The molecule has 2 aromatic carbocycles. The third kappa shape index (κ3) is 7.45. The van der Waals surface area contributed by atoms with Gasteiger partial charge in [-0.1, -0.05) is 18.2 Å². The van der Waals surface area contributed by atoms with E-state index >= 15 is 0 Å². The lowest BCUT2D eigenvalue weighted by Crippen LogP contribution is -2.54. The molecular weight excluding hydrogens is 699 g/mol. The smallest absolute Gasteiger partial charge is 0.433 e. The summed E-state index contributed by atoms with van der Waals surface area (Å²) in [4.78, 5) is 57.4. The van der Waals surface area contributed by atoms with Gasteiger partial charge < -0.3 is 24.8 Å². The third-order valence-corrected chi connectivity index (χ3v) is 9.72. The highest BCUT2D eigenvalue weighted by Gasteiger charge is 2.45. The number of aliphatic hydroxyl groups excluding tert-OH is 1. The molecule has 2 saturated heterocycles. The number of methoxy groups -OCH3 is 1. The number of hydrogen-bond donors (Lipinski definition) is 3. The molecule has 3 aliphatic heterocycles. The van der Waals surface area contributed by atoms with E-state index in [0.717, 1.165) is 42.3 Å². The number of imide groups is 2. The fourth-order valence-corrected chi connectivity index (χ4v) is 6.94. The molecule has 3 aliphatic rings. The summed E-state index contributed by atoms with van der Waals surface area (Å²) in [6.45, 7) is 2.95. The Morgan fingerprint density at radius 3 is 2.53 bits per heavy atom. The number of anilines is 1. The van der Waals surface area contributed by atoms with E-state index in [0.29, 0.717) is 35.6 Å². The lowest BCUT2D eigenvalue weighted by Gasteiger charge is -2.32. The van der Waals surface area contributed by atoms with Crippen LogP contribution in [-0.2, 0) is 33.7 Å². The molecule has 0 bridgehead atoms. The van der Waals surface area contributed by atoms with Crippen molar-refractivity contribution in [2.24, 2.45) is 0 Å². The molecule has 2 aromatic heterocycles. The number of aromatic nitrogens is 3. The van der Waals surface area contributed by atoms with Gasteiger partial charge in [-0.3, -0.25) is 34.1 Å². The summed E-state index contributed by atoms with van der Waals surface area (Å²) in [6, 6.07) is 10.7. The molecule has 2 unspecified atom stereocenters. The number of piperidine rings is 2. The number of benzene rings is 2. The minimum Gasteiger partial charge on any atom is -0.495 e. The monoisotopic (exact) mass is 735 g/mol. The van der Waals surface area contributed by atoms with Gasteiger partial charge >= 0.3 is 6.18 Å². The van der Waals surface area contributed by atoms with Crippen LogP contribution in [-0.4, -0.2) is 92.2 Å². The summed E-state index contributed by atoms with van der Waals surface area (Å²) in [7, 11) is 1.44. The number of likely N-dealkylation sites (tertiary alicyclic amines) is 1. The molecule has 278 valence electrons. The van der Waals surface area contributed by atoms with Crippen molar-refractivity contribution in [3.05, 3.63) is 82.8 Å². The van der Waals surface area contributed by atoms with Crippen LogP contribution in [0, 0.1) is 0 Å². The number of nitrogens with zero attached hydrogens (tertiary/aromatic N) is 5. The van der Waals surface area contributed by atoms with E-state index in [2.05, 4.69) is 25.6 Å². The number of amides is 4. The van der Waals surface area contributed by atoms with Crippen molar-refractivity contribution in [1.82, 2.24) is 29.9 Å². The van der Waals surface area contributed by atoms with E-state index in [1.165, 1.54) is 19.2 Å². The highest BCUT2D eigenvalue weighted by atomic mass is 19.4. The molecule has 2 fully saturated rings. The summed E-state index contributed by atoms with van der Waals surface area (Å²) in [5.74, 6) is -1.85. The van der Waals surface area contributed by atoms with Gasteiger partial charge in [0.05, 0.1) is 54.4 Å². The zero-order valence-corrected chi connectivity index (χ0v) is 28.6. The van der Waals surface area contributed by atoms with Gasteiger partial charge in [-0.25, -0.2) is 4.98 Å². The molecule has 17 heteroatoms. The van der Waals surface area contributed by atoms with Crippen LogP contribution < -0.4 is 15.4 Å². The van der Waals surface area contributed by atoms with Crippen LogP contribution in [0.5, 0.6) is 5.75 Å². The first-order chi connectivity index (χ1) is 25.4. The molecule has 0 saturated carbocycles. The summed E-state index contributed by atoms with van der Waals surface area (Å²) in [6.07, 6.45) is -2.76. The molecule has 7 rings (SSSR count). The van der Waals surface area contributed by atoms with Gasteiger partial charge in [0.1, 0.15) is 17.5 Å². The minimum atomic E-state index is -4.65. The molecule has 5 heterocycles. The summed E-state index contributed by atoms with van der Waals surface area (Å²) in [5.41, 5.74) is 0.717. The van der Waals surface area contributed by atoms with Crippen molar-refractivity contribution in [3.63, 3.8) is 0 Å². The highest BCUT2D eigenvalue weighted by Crippen LogP contribution is 2.34. The van der Waals surface area contributed by atoms with E-state index in [1.807, 2.05) is 6.20 Å². The number of pyridine rings is 1. The first kappa shape index (κ1) is 36.0. The van der Waals surface area contributed by atoms with Gasteiger partial charge in [0.2, 0.25) is 11.8 Å². The van der Waals surface area contributed by atoms with Gasteiger partial charge in [0.25, 0.3) is 11.8 Å². The number of carbonyl (C=O) groups is 4. The molecule has 4 amide bonds. The van der Waals surface area contributed by atoms with Crippen molar-refractivity contribution in [2.45, 2.75) is 63.4 Å². The molecule has 53 heavy (non-hydrogen) atoms. The quantitative estimate of drug-likeness (QED) is 0.152. The lowest BCUT2D eigenvalue weighted by atomic mass is 10.0. The number of hydrogen-bond acceptors (Lipinski definition) is 11. The van der Waals surface area contributed by atoms with Crippen molar-refractivity contribution in [2.75, 3.05) is 32.1 Å². The topological polar surface area (TPSA) is 168 Å². The van der Waals surface area contributed by atoms with Gasteiger partial charge in [-0.05, 0) is 49.1 Å². The van der Waals surface area contributed by atoms with Crippen molar-refractivity contribution >= 4 is 40.2 Å². The Bertz CT molecular complexity index is 2080. The van der Waals surface area contributed by atoms with Crippen LogP contribution in [0.15, 0.2) is 54.7 Å². The summed E-state index contributed by atoms with van der Waals surface area (Å²) in [5, 5.41) is 21.0. The Hall–Kier alpha value is -5.39. The van der Waals surface area contributed by atoms with E-state index in [9.17, 15) is 37.5 Å². The Morgan fingerprint density at radius 2 is 1.79 bits per heavy atom. The lowest BCUT2D eigenvalue weighted by molar-refractivity contribution is -0.141. The molecular formula is C36H36F3N7O7. The number of aliphatic hydroxyl groups is 1. The standard InChI is InChI=1S/C36H36F3N7O7/c1-52-28-17-25-21(16-26(28)41-32(48)24-6-3-7-29(40-24)36(37,38)39)18-45(43-25)15-14-44-12-10-22(11-13-44)53-19-20-4-2-5-23-31(20)35(51)46(34(23)50)27-8-9-30(47)42-33(27)49/h2-7,16-18,22,27,32,41,48H,8-15,19H2,1H3,(H,42,47,49). The highest BCUT2D eigenvalue weighted by molar-refractivity contribution is 6.24. The number of fused-ring (bicyclic) bond motifs is 2. The molecule has 2 atom stereocenters. The third-order valence-electron chi connectivity index (χ3n) is 9.72. The number of ether oxygens (including phenoxy) is 2. The van der Waals surface area contributed by atoms with Crippen LogP contribution in [0.2, 0.25) is 0 Å². The Kier molecular flexibility index (Phi) is 9.89. The second-order valence-electron chi connectivity index (χ2n) is 13.1. The van der Waals surface area contributed by atoms with E-state index in [-0.39, 0.29) is 42.4 Å². The number of rotatable bonds is 11. The zero-order valence-electron chi connectivity index (χ0n) is 28.6. The first-order valence-electron chi connectivity index (χ1n) is 17.1. The maximum atomic E-state index is 13.4. The zero-order chi connectivity index (χ0) is 37.4. The van der Waals surface area contributed by atoms with Crippen molar-refractivity contribution in [3.8, 4) is 5.75 Å². The van der Waals surface area contributed by atoms with Crippen molar-refractivity contribution in [1.29, 1.82) is 0 Å². The Labute approximate surface area is 300 Å². The minimum absolute atomic E-state index is 0.0481. The fraction of sp³-hybridized carbons (Fsp3) is 0.389. The Morgan fingerprint density at radius 1 is 1.02 bits per heavy atom. The second-order valence-corrected chi connectivity index (χ2v) is 13.1.